The normalized spacial score (nSPS) is 11.2. The number of nitrogens with zero attached hydrogens (tertiary/aromatic N) is 2. The van der Waals surface area contributed by atoms with Gasteiger partial charge in [-0.2, -0.15) is 4.39 Å². The quantitative estimate of drug-likeness (QED) is 0.206. The van der Waals surface area contributed by atoms with Crippen molar-refractivity contribution >= 4 is 11.3 Å². The molecule has 0 saturated carbocycles. The van der Waals surface area contributed by atoms with Crippen LogP contribution in [0, 0.1) is 11.6 Å². The molecule has 2 aromatic rings. The predicted octanol–water partition coefficient (Wildman–Crippen LogP) is 8.91. The molecule has 0 aliphatic carbocycles. The van der Waals surface area contributed by atoms with Crippen molar-refractivity contribution in [3.05, 3.63) is 28.8 Å². The molecular weight excluding hydrogens is 426 g/mol. The number of halogens is 2. The Bertz CT molecular complexity index is 766. The largest absolute Gasteiger partial charge is 0.490 e. The molecule has 6 heteroatoms. The van der Waals surface area contributed by atoms with Gasteiger partial charge in [-0.15, -0.1) is 10.2 Å². The number of rotatable bonds is 18. The molecule has 3 nitrogen and oxygen atoms in total. The Morgan fingerprint density at radius 3 is 1.97 bits per heavy atom. The van der Waals surface area contributed by atoms with E-state index < -0.39 is 11.6 Å². The van der Waals surface area contributed by atoms with Gasteiger partial charge in [-0.05, 0) is 25.0 Å². The number of hydrogen-bond acceptors (Lipinski definition) is 4. The molecule has 0 saturated heterocycles. The molecule has 0 unspecified atom stereocenters. The van der Waals surface area contributed by atoms with Gasteiger partial charge in [0.2, 0.25) is 5.82 Å². The Morgan fingerprint density at radius 1 is 0.719 bits per heavy atom. The minimum atomic E-state index is -0.935. The van der Waals surface area contributed by atoms with Crippen LogP contribution in [0.5, 0.6) is 5.75 Å². The SMILES string of the molecule is CCCCCCCCCCOc1ccc(-c2nnc(CCCCCCCC)s2)c(F)c1F. The van der Waals surface area contributed by atoms with Crippen molar-refractivity contribution in [1.82, 2.24) is 10.2 Å². The maximum absolute atomic E-state index is 14.6. The molecule has 0 N–H and O–H groups in total. The summed E-state index contributed by atoms with van der Waals surface area (Å²) in [5, 5.41) is 9.57. The summed E-state index contributed by atoms with van der Waals surface area (Å²) < 4.78 is 34.7. The first kappa shape index (κ1) is 26.7. The van der Waals surface area contributed by atoms with E-state index in [2.05, 4.69) is 24.0 Å². The number of hydrogen-bond donors (Lipinski definition) is 0. The second-order valence-electron chi connectivity index (χ2n) is 8.58. The van der Waals surface area contributed by atoms with E-state index >= 15 is 0 Å². The second-order valence-corrected chi connectivity index (χ2v) is 9.64. The Labute approximate surface area is 197 Å². The number of unbranched alkanes of at least 4 members (excludes halogenated alkanes) is 12. The minimum Gasteiger partial charge on any atom is -0.490 e. The minimum absolute atomic E-state index is 0.0222. The van der Waals surface area contributed by atoms with Gasteiger partial charge in [0.05, 0.1) is 12.2 Å². The molecular formula is C26H40F2N2OS. The maximum atomic E-state index is 14.6. The molecule has 32 heavy (non-hydrogen) atoms. The lowest BCUT2D eigenvalue weighted by Gasteiger charge is -2.09. The summed E-state index contributed by atoms with van der Waals surface area (Å²) in [5.74, 6) is -1.86. The van der Waals surface area contributed by atoms with Gasteiger partial charge in [-0.3, -0.25) is 0 Å². The van der Waals surface area contributed by atoms with Crippen molar-refractivity contribution < 1.29 is 13.5 Å². The first-order chi connectivity index (χ1) is 15.7. The first-order valence-corrected chi connectivity index (χ1v) is 13.4. The van der Waals surface area contributed by atoms with E-state index in [0.29, 0.717) is 11.6 Å². The summed E-state index contributed by atoms with van der Waals surface area (Å²) in [4.78, 5) is 0. The number of aryl methyl sites for hydroxylation is 1. The smallest absolute Gasteiger partial charge is 0.201 e. The molecule has 0 radical (unpaired) electrons. The molecule has 0 aliphatic rings. The Balaban J connectivity index is 1.75. The zero-order chi connectivity index (χ0) is 23.0. The zero-order valence-corrected chi connectivity index (χ0v) is 20.8. The van der Waals surface area contributed by atoms with Gasteiger partial charge in [0, 0.05) is 6.42 Å². The lowest BCUT2D eigenvalue weighted by atomic mass is 10.1. The van der Waals surface area contributed by atoms with Crippen molar-refractivity contribution in [3.63, 3.8) is 0 Å². The summed E-state index contributed by atoms with van der Waals surface area (Å²) in [7, 11) is 0. The number of aromatic nitrogens is 2. The van der Waals surface area contributed by atoms with Crippen molar-refractivity contribution in [1.29, 1.82) is 0 Å². The summed E-state index contributed by atoms with van der Waals surface area (Å²) >= 11 is 1.35. The molecule has 0 bridgehead atoms. The molecule has 2 rings (SSSR count). The topological polar surface area (TPSA) is 35.0 Å². The van der Waals surface area contributed by atoms with E-state index in [1.165, 1.54) is 88.0 Å². The second kappa shape index (κ2) is 16.1. The van der Waals surface area contributed by atoms with Crippen molar-refractivity contribution in [2.75, 3.05) is 6.61 Å². The molecule has 0 aliphatic heterocycles. The average Bonchev–Trinajstić information content (AvgIpc) is 3.26. The van der Waals surface area contributed by atoms with Gasteiger partial charge in [0.15, 0.2) is 16.6 Å². The Morgan fingerprint density at radius 2 is 1.31 bits per heavy atom. The lowest BCUT2D eigenvalue weighted by Crippen LogP contribution is -2.01. The first-order valence-electron chi connectivity index (χ1n) is 12.6. The average molecular weight is 467 g/mol. The standard InChI is InChI=1S/C26H40F2N2OS/c1-3-5-7-9-11-12-14-16-20-31-22-19-18-21(24(27)25(22)28)26-30-29-23(32-26)17-15-13-10-8-6-4-2/h18-19H,3-17,20H2,1-2H3. The Hall–Kier alpha value is -1.56. The molecule has 1 aromatic carbocycles. The van der Waals surface area contributed by atoms with Crippen molar-refractivity contribution in [2.24, 2.45) is 0 Å². The summed E-state index contributed by atoms with van der Waals surface area (Å²) in [6.45, 7) is 4.83. The van der Waals surface area contributed by atoms with Gasteiger partial charge in [-0.25, -0.2) is 4.39 Å². The molecule has 1 aromatic heterocycles. The van der Waals surface area contributed by atoms with Crippen LogP contribution in [-0.2, 0) is 6.42 Å². The van der Waals surface area contributed by atoms with Crippen LogP contribution in [0.2, 0.25) is 0 Å². The maximum Gasteiger partial charge on any atom is 0.201 e. The van der Waals surface area contributed by atoms with Gasteiger partial charge in [0.1, 0.15) is 5.01 Å². The third kappa shape index (κ3) is 9.51. The van der Waals surface area contributed by atoms with Crippen LogP contribution in [-0.4, -0.2) is 16.8 Å². The van der Waals surface area contributed by atoms with Crippen LogP contribution in [0.25, 0.3) is 10.6 Å². The lowest BCUT2D eigenvalue weighted by molar-refractivity contribution is 0.285. The fraction of sp³-hybridized carbons (Fsp3) is 0.692. The summed E-state index contributed by atoms with van der Waals surface area (Å²) in [6, 6.07) is 3.06. The highest BCUT2D eigenvalue weighted by Crippen LogP contribution is 2.32. The van der Waals surface area contributed by atoms with Crippen LogP contribution >= 0.6 is 11.3 Å². The molecule has 0 fully saturated rings. The third-order valence-electron chi connectivity index (χ3n) is 5.74. The van der Waals surface area contributed by atoms with Crippen molar-refractivity contribution in [3.8, 4) is 16.3 Å². The van der Waals surface area contributed by atoms with E-state index in [1.807, 2.05) is 0 Å². The molecule has 0 amide bonds. The third-order valence-corrected chi connectivity index (χ3v) is 6.76. The van der Waals surface area contributed by atoms with E-state index in [4.69, 9.17) is 4.74 Å². The highest BCUT2D eigenvalue weighted by Gasteiger charge is 2.18. The highest BCUT2D eigenvalue weighted by molar-refractivity contribution is 7.14. The monoisotopic (exact) mass is 466 g/mol. The van der Waals surface area contributed by atoms with Crippen LogP contribution in [0.1, 0.15) is 109 Å². The van der Waals surface area contributed by atoms with Gasteiger partial charge < -0.3 is 4.74 Å². The van der Waals surface area contributed by atoms with Gasteiger partial charge >= 0.3 is 0 Å². The van der Waals surface area contributed by atoms with E-state index in [1.54, 1.807) is 6.07 Å². The zero-order valence-electron chi connectivity index (χ0n) is 19.9. The van der Waals surface area contributed by atoms with Gasteiger partial charge in [0.25, 0.3) is 0 Å². The number of benzene rings is 1. The number of ether oxygens (including phenoxy) is 1. The molecule has 0 spiro atoms. The Kier molecular flexibility index (Phi) is 13.4. The molecule has 1 heterocycles. The van der Waals surface area contributed by atoms with Crippen molar-refractivity contribution in [2.45, 2.75) is 110 Å². The highest BCUT2D eigenvalue weighted by atomic mass is 32.1. The summed E-state index contributed by atoms with van der Waals surface area (Å²) in [6.07, 6.45) is 17.6. The summed E-state index contributed by atoms with van der Waals surface area (Å²) in [5.41, 5.74) is 0.161. The molecule has 180 valence electrons. The molecule has 0 atom stereocenters. The fourth-order valence-electron chi connectivity index (χ4n) is 3.75. The van der Waals surface area contributed by atoms with Gasteiger partial charge in [-0.1, -0.05) is 102 Å². The van der Waals surface area contributed by atoms with E-state index in [-0.39, 0.29) is 11.3 Å². The fourth-order valence-corrected chi connectivity index (χ4v) is 4.65. The van der Waals surface area contributed by atoms with Crippen LogP contribution in [0.15, 0.2) is 12.1 Å². The van der Waals surface area contributed by atoms with Crippen LogP contribution in [0.3, 0.4) is 0 Å². The van der Waals surface area contributed by atoms with Crippen LogP contribution < -0.4 is 4.74 Å². The van der Waals surface area contributed by atoms with E-state index in [9.17, 15) is 8.78 Å². The van der Waals surface area contributed by atoms with Crippen LogP contribution in [0.4, 0.5) is 8.78 Å². The predicted molar refractivity (Wildman–Crippen MR) is 130 cm³/mol. The van der Waals surface area contributed by atoms with E-state index in [0.717, 1.165) is 30.7 Å².